The Labute approximate surface area is 148 Å². The molecule has 7 heteroatoms. The number of pyridine rings is 1. The van der Waals surface area contributed by atoms with Crippen LogP contribution >= 0.6 is 0 Å². The fourth-order valence-electron chi connectivity index (χ4n) is 2.96. The molecule has 1 N–H and O–H groups in total. The van der Waals surface area contributed by atoms with Crippen LogP contribution in [0.3, 0.4) is 0 Å². The molecule has 3 rings (SSSR count). The number of hydrogen-bond acceptors (Lipinski definition) is 4. The molecule has 132 valence electrons. The van der Waals surface area contributed by atoms with Crippen LogP contribution in [0.2, 0.25) is 0 Å². The first-order chi connectivity index (χ1) is 12.0. The normalized spacial score (nSPS) is 15.7. The van der Waals surface area contributed by atoms with Gasteiger partial charge < -0.3 is 4.48 Å². The maximum absolute atomic E-state index is 10.4. The van der Waals surface area contributed by atoms with Crippen molar-refractivity contribution in [3.63, 3.8) is 0 Å². The second-order valence-corrected chi connectivity index (χ2v) is 7.50. The molecule has 6 nitrogen and oxygen atoms in total. The summed E-state index contributed by atoms with van der Waals surface area (Å²) in [7, 11) is -4.00. The van der Waals surface area contributed by atoms with E-state index in [1.54, 1.807) is 18.2 Å². The summed E-state index contributed by atoms with van der Waals surface area (Å²) in [6, 6.07) is 15.7. The zero-order chi connectivity index (χ0) is 18.2. The molecule has 0 amide bonds. The maximum atomic E-state index is 10.4. The molecule has 25 heavy (non-hydrogen) atoms. The van der Waals surface area contributed by atoms with Gasteiger partial charge in [-0.1, -0.05) is 24.3 Å². The third-order valence-corrected chi connectivity index (χ3v) is 5.05. The predicted octanol–water partition coefficient (Wildman–Crippen LogP) is 2.65. The Kier molecular flexibility index (Phi) is 6.65. The molecule has 1 aromatic carbocycles. The van der Waals surface area contributed by atoms with Gasteiger partial charge in [-0.3, -0.25) is 9.54 Å². The topological polar surface area (TPSA) is 91.0 Å². The van der Waals surface area contributed by atoms with E-state index in [-0.39, 0.29) is 4.90 Å². The molecule has 0 bridgehead atoms. The largest absolute Gasteiger partial charge is 0.307 e. The number of aromatic nitrogens is 1. The van der Waals surface area contributed by atoms with Crippen molar-refractivity contribution in [2.24, 2.45) is 0 Å². The average Bonchev–Trinajstić information content (AvgIpc) is 3.05. The fraction of sp³-hybridized carbons (Fsp3) is 0.333. The zero-order valence-corrected chi connectivity index (χ0v) is 14.8. The molecule has 0 radical (unpaired) electrons. The van der Waals surface area contributed by atoms with Crippen molar-refractivity contribution < 1.29 is 17.5 Å². The molecular weight excluding hydrogens is 338 g/mol. The van der Waals surface area contributed by atoms with Gasteiger partial charge in [-0.2, -0.15) is 13.7 Å². The number of nitriles is 1. The summed E-state index contributed by atoms with van der Waals surface area (Å²) in [6.45, 7) is 3.79. The highest BCUT2D eigenvalue weighted by Gasteiger charge is 2.32. The first-order valence-electron chi connectivity index (χ1n) is 8.10. The van der Waals surface area contributed by atoms with Crippen LogP contribution in [0.15, 0.2) is 59.6 Å². The minimum absolute atomic E-state index is 0.0741. The van der Waals surface area contributed by atoms with Crippen LogP contribution in [0.4, 0.5) is 0 Å². The third kappa shape index (κ3) is 5.94. The van der Waals surface area contributed by atoms with E-state index in [4.69, 9.17) is 9.81 Å². The van der Waals surface area contributed by atoms with Crippen molar-refractivity contribution in [3.05, 3.63) is 60.4 Å². The molecule has 1 fully saturated rings. The molecule has 0 spiro atoms. The standard InChI is InChI=1S/C12H16N3.C6H6O3S/c13-6-10-15(8-3-4-9-15)11-12-5-1-2-7-14-12;7-10(8,9)6-4-2-1-3-5-6/h1-2,5,7H,3-4,8-11H2;1-5H,(H,7,8,9)/q+1;. The number of hydrogen-bond donors (Lipinski definition) is 1. The molecule has 1 saturated heterocycles. The van der Waals surface area contributed by atoms with E-state index in [0.717, 1.165) is 29.8 Å². The molecule has 1 aromatic heterocycles. The van der Waals surface area contributed by atoms with Gasteiger partial charge in [-0.25, -0.2) is 0 Å². The van der Waals surface area contributed by atoms with E-state index in [9.17, 15) is 8.42 Å². The van der Waals surface area contributed by atoms with Crippen LogP contribution < -0.4 is 0 Å². The van der Waals surface area contributed by atoms with Crippen molar-refractivity contribution in [3.8, 4) is 6.07 Å². The summed E-state index contributed by atoms with van der Waals surface area (Å²) in [5, 5.41) is 8.88. The minimum Gasteiger partial charge on any atom is -0.307 e. The lowest BCUT2D eigenvalue weighted by Gasteiger charge is -2.31. The van der Waals surface area contributed by atoms with Gasteiger partial charge in [0.25, 0.3) is 10.1 Å². The van der Waals surface area contributed by atoms with Crippen molar-refractivity contribution in [2.45, 2.75) is 24.3 Å². The number of benzene rings is 1. The number of rotatable bonds is 4. The van der Waals surface area contributed by atoms with E-state index in [0.29, 0.717) is 6.54 Å². The third-order valence-electron chi connectivity index (χ3n) is 4.19. The summed E-state index contributed by atoms with van der Waals surface area (Å²) in [5.74, 6) is 0. The fourth-order valence-corrected chi connectivity index (χ4v) is 3.46. The van der Waals surface area contributed by atoms with Gasteiger partial charge in [0.05, 0.1) is 23.7 Å². The SMILES string of the molecule is N#CC[N+]1(Cc2ccccn2)CCCC1.O=S(=O)(O)c1ccccc1. The highest BCUT2D eigenvalue weighted by atomic mass is 32.2. The maximum Gasteiger partial charge on any atom is 0.294 e. The number of nitrogens with zero attached hydrogens (tertiary/aromatic N) is 3. The van der Waals surface area contributed by atoms with Crippen molar-refractivity contribution >= 4 is 10.1 Å². The Balaban J connectivity index is 0.000000196. The van der Waals surface area contributed by atoms with E-state index in [2.05, 4.69) is 17.1 Å². The quantitative estimate of drug-likeness (QED) is 0.514. The predicted molar refractivity (Wildman–Crippen MR) is 93.9 cm³/mol. The molecule has 0 unspecified atom stereocenters. The average molecular weight is 360 g/mol. The van der Waals surface area contributed by atoms with Gasteiger partial charge in [-0.15, -0.1) is 0 Å². The Morgan fingerprint density at radius 2 is 1.72 bits per heavy atom. The number of likely N-dealkylation sites (tertiary alicyclic amines) is 1. The molecule has 0 saturated carbocycles. The van der Waals surface area contributed by atoms with E-state index < -0.39 is 10.1 Å². The van der Waals surface area contributed by atoms with Crippen LogP contribution in [0, 0.1) is 11.3 Å². The van der Waals surface area contributed by atoms with Crippen molar-refractivity contribution in [1.29, 1.82) is 5.26 Å². The summed E-state index contributed by atoms with van der Waals surface area (Å²) in [6.07, 6.45) is 4.32. The Hall–Kier alpha value is -2.27. The Bertz CT molecular complexity index is 796. The molecule has 1 aliphatic heterocycles. The first-order valence-corrected chi connectivity index (χ1v) is 9.54. The van der Waals surface area contributed by atoms with Crippen molar-refractivity contribution in [2.75, 3.05) is 19.6 Å². The summed E-state index contributed by atoms with van der Waals surface area (Å²) in [5.41, 5.74) is 1.11. The van der Waals surface area contributed by atoms with Crippen LogP contribution in [-0.4, -0.2) is 42.1 Å². The zero-order valence-electron chi connectivity index (χ0n) is 14.0. The lowest BCUT2D eigenvalue weighted by atomic mass is 10.3. The van der Waals surface area contributed by atoms with Crippen LogP contribution in [0.25, 0.3) is 0 Å². The molecule has 0 atom stereocenters. The van der Waals surface area contributed by atoms with Gasteiger partial charge in [0.15, 0.2) is 6.54 Å². The monoisotopic (exact) mass is 360 g/mol. The van der Waals surface area contributed by atoms with E-state index >= 15 is 0 Å². The van der Waals surface area contributed by atoms with Crippen LogP contribution in [0.5, 0.6) is 0 Å². The second-order valence-electron chi connectivity index (χ2n) is 6.08. The smallest absolute Gasteiger partial charge is 0.294 e. The van der Waals surface area contributed by atoms with Gasteiger partial charge in [0.1, 0.15) is 12.6 Å². The van der Waals surface area contributed by atoms with Gasteiger partial charge in [0, 0.05) is 19.0 Å². The number of quaternary nitrogens is 1. The highest BCUT2D eigenvalue weighted by molar-refractivity contribution is 7.85. The minimum atomic E-state index is -4.00. The van der Waals surface area contributed by atoms with Gasteiger partial charge in [0.2, 0.25) is 0 Å². The molecule has 0 aliphatic carbocycles. The lowest BCUT2D eigenvalue weighted by Crippen LogP contribution is -2.44. The lowest BCUT2D eigenvalue weighted by molar-refractivity contribution is -0.923. The summed E-state index contributed by atoms with van der Waals surface area (Å²) >= 11 is 0. The van der Waals surface area contributed by atoms with Crippen LogP contribution in [-0.2, 0) is 16.7 Å². The van der Waals surface area contributed by atoms with E-state index in [1.807, 2.05) is 18.3 Å². The van der Waals surface area contributed by atoms with E-state index in [1.165, 1.54) is 25.0 Å². The summed E-state index contributed by atoms with van der Waals surface area (Å²) in [4.78, 5) is 4.27. The summed E-state index contributed by atoms with van der Waals surface area (Å²) < 4.78 is 30.1. The highest BCUT2D eigenvalue weighted by Crippen LogP contribution is 2.21. The van der Waals surface area contributed by atoms with Gasteiger partial charge >= 0.3 is 0 Å². The van der Waals surface area contributed by atoms with Crippen LogP contribution in [0.1, 0.15) is 18.5 Å². The Morgan fingerprint density at radius 3 is 2.20 bits per heavy atom. The molecule has 2 heterocycles. The molecule has 1 aliphatic rings. The first kappa shape index (κ1) is 19.1. The van der Waals surface area contributed by atoms with Gasteiger partial charge in [-0.05, 0) is 24.3 Å². The Morgan fingerprint density at radius 1 is 1.08 bits per heavy atom. The second kappa shape index (κ2) is 8.72. The molecule has 2 aromatic rings. The van der Waals surface area contributed by atoms with Crippen molar-refractivity contribution in [1.82, 2.24) is 4.98 Å². The molecular formula is C18H22N3O3S+.